The van der Waals surface area contributed by atoms with Crippen molar-refractivity contribution in [2.24, 2.45) is 7.05 Å². The zero-order valence-corrected chi connectivity index (χ0v) is 13.3. The SMILES string of the molecule is CCCNC(Cc1cnn(C)c1)c1cc(Cl)sc1Cl. The second-order valence-electron chi connectivity index (χ2n) is 4.51. The van der Waals surface area contributed by atoms with Crippen LogP contribution in [0.25, 0.3) is 0 Å². The van der Waals surface area contributed by atoms with Gasteiger partial charge in [0.1, 0.15) is 0 Å². The Morgan fingerprint density at radius 3 is 2.79 bits per heavy atom. The van der Waals surface area contributed by atoms with Gasteiger partial charge in [0.25, 0.3) is 0 Å². The van der Waals surface area contributed by atoms with E-state index >= 15 is 0 Å². The lowest BCUT2D eigenvalue weighted by molar-refractivity contribution is 0.530. The number of thiophene rings is 1. The molecule has 0 amide bonds. The summed E-state index contributed by atoms with van der Waals surface area (Å²) >= 11 is 13.7. The molecule has 2 rings (SSSR count). The molecule has 0 saturated carbocycles. The normalized spacial score (nSPS) is 12.8. The summed E-state index contributed by atoms with van der Waals surface area (Å²) in [6.07, 6.45) is 5.87. The van der Waals surface area contributed by atoms with Crippen LogP contribution in [-0.4, -0.2) is 16.3 Å². The molecule has 6 heteroatoms. The zero-order chi connectivity index (χ0) is 13.8. The van der Waals surface area contributed by atoms with E-state index in [0.717, 1.165) is 33.6 Å². The Hall–Kier alpha value is -0.550. The molecule has 0 radical (unpaired) electrons. The van der Waals surface area contributed by atoms with Gasteiger partial charge >= 0.3 is 0 Å². The Labute approximate surface area is 127 Å². The van der Waals surface area contributed by atoms with Crippen molar-refractivity contribution in [2.45, 2.75) is 25.8 Å². The van der Waals surface area contributed by atoms with E-state index in [1.165, 1.54) is 16.9 Å². The Balaban J connectivity index is 2.18. The monoisotopic (exact) mass is 317 g/mol. The van der Waals surface area contributed by atoms with Crippen molar-refractivity contribution in [3.05, 3.63) is 38.3 Å². The van der Waals surface area contributed by atoms with Crippen LogP contribution in [0.5, 0.6) is 0 Å². The molecule has 1 N–H and O–H groups in total. The number of nitrogens with zero attached hydrogens (tertiary/aromatic N) is 2. The third-order valence-corrected chi connectivity index (χ3v) is 4.42. The van der Waals surface area contributed by atoms with Crippen LogP contribution in [0, 0.1) is 0 Å². The molecule has 0 saturated heterocycles. The van der Waals surface area contributed by atoms with Crippen molar-refractivity contribution in [2.75, 3.05) is 6.54 Å². The molecule has 2 aromatic rings. The van der Waals surface area contributed by atoms with Gasteiger partial charge in [-0.2, -0.15) is 5.10 Å². The van der Waals surface area contributed by atoms with Gasteiger partial charge in [0, 0.05) is 24.8 Å². The maximum atomic E-state index is 6.26. The minimum atomic E-state index is 0.181. The van der Waals surface area contributed by atoms with Gasteiger partial charge in [-0.05, 0) is 31.0 Å². The summed E-state index contributed by atoms with van der Waals surface area (Å²) in [5, 5.41) is 7.73. The quantitative estimate of drug-likeness (QED) is 0.870. The van der Waals surface area contributed by atoms with E-state index in [9.17, 15) is 0 Å². The van der Waals surface area contributed by atoms with E-state index in [0.29, 0.717) is 0 Å². The van der Waals surface area contributed by atoms with Crippen molar-refractivity contribution in [3.63, 3.8) is 0 Å². The van der Waals surface area contributed by atoms with Crippen LogP contribution >= 0.6 is 34.5 Å². The number of nitrogens with one attached hydrogen (secondary N) is 1. The van der Waals surface area contributed by atoms with Gasteiger partial charge in [-0.1, -0.05) is 30.1 Å². The second kappa shape index (κ2) is 6.75. The fourth-order valence-corrected chi connectivity index (χ4v) is 3.59. The van der Waals surface area contributed by atoms with Crippen LogP contribution in [0.15, 0.2) is 18.5 Å². The highest BCUT2D eigenvalue weighted by Gasteiger charge is 2.18. The van der Waals surface area contributed by atoms with Crippen molar-refractivity contribution in [3.8, 4) is 0 Å². The predicted molar refractivity (Wildman–Crippen MR) is 82.3 cm³/mol. The molecule has 1 unspecified atom stereocenters. The number of aryl methyl sites for hydroxylation is 1. The molecule has 2 aromatic heterocycles. The zero-order valence-electron chi connectivity index (χ0n) is 11.0. The first kappa shape index (κ1) is 14.9. The smallest absolute Gasteiger partial charge is 0.0992 e. The van der Waals surface area contributed by atoms with Crippen molar-refractivity contribution < 1.29 is 0 Å². The summed E-state index contributed by atoms with van der Waals surface area (Å²) < 4.78 is 3.31. The highest BCUT2D eigenvalue weighted by molar-refractivity contribution is 7.20. The van der Waals surface area contributed by atoms with Gasteiger partial charge in [-0.3, -0.25) is 4.68 Å². The Morgan fingerprint density at radius 2 is 2.26 bits per heavy atom. The predicted octanol–water partition coefficient (Wildman–Crippen LogP) is 4.07. The standard InChI is InChI=1S/C13H17Cl2N3S/c1-3-4-16-11(5-9-7-17-18(2)8-9)10-6-12(14)19-13(10)15/h6-8,11,16H,3-5H2,1-2H3. The molecule has 0 fully saturated rings. The first-order chi connectivity index (χ1) is 9.10. The number of rotatable bonds is 6. The van der Waals surface area contributed by atoms with E-state index in [2.05, 4.69) is 17.3 Å². The van der Waals surface area contributed by atoms with Crippen LogP contribution in [0.2, 0.25) is 8.67 Å². The van der Waals surface area contributed by atoms with Gasteiger partial charge in [0.05, 0.1) is 14.9 Å². The molecule has 0 aromatic carbocycles. The summed E-state index contributed by atoms with van der Waals surface area (Å²) in [7, 11) is 1.92. The second-order valence-corrected chi connectivity index (χ2v) is 6.80. The van der Waals surface area contributed by atoms with Gasteiger partial charge in [0.15, 0.2) is 0 Å². The Bertz CT molecular complexity index is 536. The average Bonchev–Trinajstić information content (AvgIpc) is 2.91. The molecule has 0 aliphatic rings. The maximum absolute atomic E-state index is 6.26. The summed E-state index contributed by atoms with van der Waals surface area (Å²) in [5.41, 5.74) is 2.27. The molecule has 2 heterocycles. The number of hydrogen-bond donors (Lipinski definition) is 1. The summed E-state index contributed by atoms with van der Waals surface area (Å²) in [6, 6.07) is 2.14. The third-order valence-electron chi connectivity index (χ3n) is 2.90. The van der Waals surface area contributed by atoms with Crippen molar-refractivity contribution >= 4 is 34.5 Å². The van der Waals surface area contributed by atoms with Crippen molar-refractivity contribution in [1.29, 1.82) is 0 Å². The van der Waals surface area contributed by atoms with E-state index in [4.69, 9.17) is 23.2 Å². The maximum Gasteiger partial charge on any atom is 0.0992 e. The molecular weight excluding hydrogens is 301 g/mol. The number of aromatic nitrogens is 2. The lowest BCUT2D eigenvalue weighted by atomic mass is 10.0. The van der Waals surface area contributed by atoms with Crippen LogP contribution in [0.1, 0.15) is 30.5 Å². The highest BCUT2D eigenvalue weighted by Crippen LogP contribution is 2.36. The highest BCUT2D eigenvalue weighted by atomic mass is 35.5. The molecule has 3 nitrogen and oxygen atoms in total. The molecule has 0 aliphatic carbocycles. The Kier molecular flexibility index (Phi) is 5.28. The van der Waals surface area contributed by atoms with Crippen LogP contribution in [0.3, 0.4) is 0 Å². The minimum absolute atomic E-state index is 0.181. The van der Waals surface area contributed by atoms with Gasteiger partial charge in [0.2, 0.25) is 0 Å². The first-order valence-electron chi connectivity index (χ1n) is 6.25. The number of hydrogen-bond acceptors (Lipinski definition) is 3. The van der Waals surface area contributed by atoms with Gasteiger partial charge in [-0.25, -0.2) is 0 Å². The molecule has 104 valence electrons. The summed E-state index contributed by atoms with van der Waals surface area (Å²) in [4.78, 5) is 0. The van der Waals surface area contributed by atoms with Crippen LogP contribution in [0.4, 0.5) is 0 Å². The van der Waals surface area contributed by atoms with Gasteiger partial charge < -0.3 is 5.32 Å². The van der Waals surface area contributed by atoms with Crippen LogP contribution in [-0.2, 0) is 13.5 Å². The third kappa shape index (κ3) is 3.96. The summed E-state index contributed by atoms with van der Waals surface area (Å²) in [6.45, 7) is 3.10. The topological polar surface area (TPSA) is 29.9 Å². The van der Waals surface area contributed by atoms with E-state index in [1.54, 1.807) is 0 Å². The van der Waals surface area contributed by atoms with Crippen LogP contribution < -0.4 is 5.32 Å². The molecule has 1 atom stereocenters. The largest absolute Gasteiger partial charge is 0.310 e. The average molecular weight is 318 g/mol. The van der Waals surface area contributed by atoms with Gasteiger partial charge in [-0.15, -0.1) is 11.3 Å². The lowest BCUT2D eigenvalue weighted by Crippen LogP contribution is -2.23. The fraction of sp³-hybridized carbons (Fsp3) is 0.462. The molecule has 0 aliphatic heterocycles. The molecule has 0 bridgehead atoms. The first-order valence-corrected chi connectivity index (χ1v) is 7.83. The fourth-order valence-electron chi connectivity index (χ4n) is 2.01. The molecule has 19 heavy (non-hydrogen) atoms. The van der Waals surface area contributed by atoms with E-state index in [-0.39, 0.29) is 6.04 Å². The minimum Gasteiger partial charge on any atom is -0.310 e. The van der Waals surface area contributed by atoms with E-state index < -0.39 is 0 Å². The lowest BCUT2D eigenvalue weighted by Gasteiger charge is -2.17. The molecule has 0 spiro atoms. The van der Waals surface area contributed by atoms with Crippen molar-refractivity contribution in [1.82, 2.24) is 15.1 Å². The number of halogens is 2. The summed E-state index contributed by atoms with van der Waals surface area (Å²) in [5.74, 6) is 0. The van der Waals surface area contributed by atoms with E-state index in [1.807, 2.05) is 30.2 Å². The molecular formula is C13H17Cl2N3S. The Morgan fingerprint density at radius 1 is 1.47 bits per heavy atom.